The number of aromatic amines is 1. The highest BCUT2D eigenvalue weighted by Crippen LogP contribution is 2.62. The summed E-state index contributed by atoms with van der Waals surface area (Å²) in [6.07, 6.45) is 6.62. The van der Waals surface area contributed by atoms with E-state index < -0.39 is 5.60 Å². The number of H-pyrrole nitrogens is 1. The van der Waals surface area contributed by atoms with Crippen molar-refractivity contribution in [2.45, 2.75) is 50.5 Å². The van der Waals surface area contributed by atoms with Crippen LogP contribution >= 0.6 is 11.3 Å². The van der Waals surface area contributed by atoms with Gasteiger partial charge in [0.05, 0.1) is 16.2 Å². The first kappa shape index (κ1) is 15.6. The molecule has 0 spiro atoms. The number of nitrogens with one attached hydrogen (secondary N) is 2. The van der Waals surface area contributed by atoms with E-state index in [1.54, 1.807) is 11.3 Å². The number of rotatable bonds is 4. The topological polar surface area (TPSA) is 78.0 Å². The lowest BCUT2D eigenvalue weighted by Crippen LogP contribution is -2.56. The summed E-state index contributed by atoms with van der Waals surface area (Å²) in [7, 11) is 0. The van der Waals surface area contributed by atoms with Crippen LogP contribution in [-0.4, -0.2) is 26.8 Å². The van der Waals surface area contributed by atoms with E-state index in [-0.39, 0.29) is 11.3 Å². The summed E-state index contributed by atoms with van der Waals surface area (Å²) in [5.41, 5.74) is 0.410. The van der Waals surface area contributed by atoms with Crippen molar-refractivity contribution in [3.8, 4) is 10.6 Å². The van der Waals surface area contributed by atoms with E-state index in [9.17, 15) is 9.90 Å². The van der Waals surface area contributed by atoms with Gasteiger partial charge in [-0.2, -0.15) is 5.10 Å². The molecule has 3 N–H and O–H groups in total. The fourth-order valence-corrected chi connectivity index (χ4v) is 6.77. The maximum absolute atomic E-state index is 12.7. The van der Waals surface area contributed by atoms with Crippen LogP contribution in [0.2, 0.25) is 0 Å². The Morgan fingerprint density at radius 1 is 1.36 bits per heavy atom. The number of amides is 1. The summed E-state index contributed by atoms with van der Waals surface area (Å²) < 4.78 is 0. The number of carbonyl (C=O) groups is 1. The molecule has 4 saturated carbocycles. The second-order valence-electron chi connectivity index (χ2n) is 8.55. The van der Waals surface area contributed by atoms with Gasteiger partial charge in [0.1, 0.15) is 0 Å². The zero-order valence-corrected chi connectivity index (χ0v) is 14.9. The van der Waals surface area contributed by atoms with Crippen LogP contribution in [0.3, 0.4) is 0 Å². The van der Waals surface area contributed by atoms with E-state index in [1.165, 1.54) is 6.42 Å². The third kappa shape index (κ3) is 2.81. The van der Waals surface area contributed by atoms with Crippen LogP contribution in [0.1, 0.15) is 44.9 Å². The van der Waals surface area contributed by atoms with Crippen molar-refractivity contribution in [2.24, 2.45) is 17.3 Å². The van der Waals surface area contributed by atoms with Crippen molar-refractivity contribution in [3.05, 3.63) is 23.6 Å². The number of thiophene rings is 1. The number of hydrogen-bond acceptors (Lipinski definition) is 4. The molecule has 0 aliphatic heterocycles. The molecule has 0 radical (unpaired) electrons. The highest BCUT2D eigenvalue weighted by Gasteiger charge is 2.57. The quantitative estimate of drug-likeness (QED) is 0.779. The van der Waals surface area contributed by atoms with Gasteiger partial charge >= 0.3 is 0 Å². The smallest absolute Gasteiger partial charge is 0.226 e. The number of carbonyl (C=O) groups excluding carboxylic acids is 1. The summed E-state index contributed by atoms with van der Waals surface area (Å²) in [6.45, 7) is 0. The van der Waals surface area contributed by atoms with E-state index >= 15 is 0 Å². The molecule has 6 rings (SSSR count). The largest absolute Gasteiger partial charge is 0.390 e. The summed E-state index contributed by atoms with van der Waals surface area (Å²) in [4.78, 5) is 13.8. The Morgan fingerprint density at radius 3 is 2.84 bits per heavy atom. The van der Waals surface area contributed by atoms with Crippen molar-refractivity contribution < 1.29 is 9.90 Å². The maximum atomic E-state index is 12.7. The van der Waals surface area contributed by atoms with Gasteiger partial charge in [-0.3, -0.25) is 9.89 Å². The summed E-state index contributed by atoms with van der Waals surface area (Å²) in [6, 6.07) is 5.91. The molecule has 4 fully saturated rings. The number of nitrogens with zero attached hydrogens (tertiary/aromatic N) is 1. The van der Waals surface area contributed by atoms with E-state index in [2.05, 4.69) is 15.5 Å². The Balaban J connectivity index is 1.28. The summed E-state index contributed by atoms with van der Waals surface area (Å²) >= 11 is 1.64. The molecule has 2 atom stereocenters. The lowest BCUT2D eigenvalue weighted by molar-refractivity contribution is -0.167. The van der Waals surface area contributed by atoms with E-state index in [1.807, 2.05) is 23.6 Å². The fourth-order valence-electron chi connectivity index (χ4n) is 6.08. The summed E-state index contributed by atoms with van der Waals surface area (Å²) in [5, 5.41) is 23.0. The van der Waals surface area contributed by atoms with Gasteiger partial charge in [-0.1, -0.05) is 6.07 Å². The molecule has 2 heterocycles. The van der Waals surface area contributed by atoms with Gasteiger partial charge in [-0.05, 0) is 67.2 Å². The molecule has 4 aliphatic rings. The molecule has 2 aromatic rings. The van der Waals surface area contributed by atoms with Crippen molar-refractivity contribution in [3.63, 3.8) is 0 Å². The molecule has 6 heteroatoms. The third-order valence-electron chi connectivity index (χ3n) is 6.32. The lowest BCUT2D eigenvalue weighted by atomic mass is 9.47. The molecule has 4 aliphatic carbocycles. The first-order valence-electron chi connectivity index (χ1n) is 9.13. The van der Waals surface area contributed by atoms with Crippen LogP contribution in [0.4, 0.5) is 5.82 Å². The Hall–Kier alpha value is -1.66. The summed E-state index contributed by atoms with van der Waals surface area (Å²) in [5.74, 6) is 1.82. The van der Waals surface area contributed by atoms with Crippen molar-refractivity contribution in [1.29, 1.82) is 0 Å². The SMILES string of the molecule is O=C(CC12CC3CC(CC(O)(C3)C1)C2)Nc1cc(-c2cccs2)[nH]n1. The van der Waals surface area contributed by atoms with Crippen molar-refractivity contribution >= 4 is 23.1 Å². The standard InChI is InChI=1S/C19H23N3O2S/c23-17(20-16-5-14(21-22-16)15-2-1-3-25-15)10-18-6-12-4-13(7-18)9-19(24,8-12)11-18/h1-3,5,12-13,24H,4,6-11H2,(H2,20,21,22,23). The molecule has 4 bridgehead atoms. The number of hydrogen-bond donors (Lipinski definition) is 3. The molecule has 5 nitrogen and oxygen atoms in total. The molecular formula is C19H23N3O2S. The van der Waals surface area contributed by atoms with E-state index in [0.29, 0.717) is 24.1 Å². The van der Waals surface area contributed by atoms with Gasteiger partial charge in [-0.25, -0.2) is 0 Å². The predicted molar refractivity (Wildman–Crippen MR) is 97.2 cm³/mol. The van der Waals surface area contributed by atoms with Gasteiger partial charge in [-0.15, -0.1) is 11.3 Å². The first-order chi connectivity index (χ1) is 12.0. The molecule has 2 aromatic heterocycles. The second kappa shape index (κ2) is 5.42. The molecule has 25 heavy (non-hydrogen) atoms. The third-order valence-corrected chi connectivity index (χ3v) is 7.22. The van der Waals surface area contributed by atoms with Crippen molar-refractivity contribution in [2.75, 3.05) is 5.32 Å². The lowest BCUT2D eigenvalue weighted by Gasteiger charge is -2.60. The highest BCUT2D eigenvalue weighted by atomic mass is 32.1. The Labute approximate surface area is 150 Å². The van der Waals surface area contributed by atoms with Gasteiger partial charge in [0, 0.05) is 12.5 Å². The van der Waals surface area contributed by atoms with E-state index in [4.69, 9.17) is 0 Å². The van der Waals surface area contributed by atoms with Crippen LogP contribution in [0.5, 0.6) is 0 Å². The van der Waals surface area contributed by atoms with Crippen molar-refractivity contribution in [1.82, 2.24) is 10.2 Å². The molecule has 0 saturated heterocycles. The molecule has 1 amide bonds. The van der Waals surface area contributed by atoms with Gasteiger partial charge in [0.25, 0.3) is 0 Å². The minimum absolute atomic E-state index is 0.00416. The van der Waals surface area contributed by atoms with Crippen LogP contribution in [0.25, 0.3) is 10.6 Å². The molecule has 132 valence electrons. The Kier molecular flexibility index (Phi) is 3.38. The predicted octanol–water partition coefficient (Wildman–Crippen LogP) is 3.80. The highest BCUT2D eigenvalue weighted by molar-refractivity contribution is 7.13. The second-order valence-corrected chi connectivity index (χ2v) is 9.50. The minimum Gasteiger partial charge on any atom is -0.390 e. The fraction of sp³-hybridized carbons (Fsp3) is 0.579. The van der Waals surface area contributed by atoms with Crippen LogP contribution in [0, 0.1) is 17.3 Å². The number of aromatic nitrogens is 2. The Morgan fingerprint density at radius 2 is 2.16 bits per heavy atom. The van der Waals surface area contributed by atoms with Crippen LogP contribution in [-0.2, 0) is 4.79 Å². The first-order valence-corrected chi connectivity index (χ1v) is 10.0. The van der Waals surface area contributed by atoms with E-state index in [0.717, 1.165) is 42.7 Å². The normalized spacial score (nSPS) is 35.9. The van der Waals surface area contributed by atoms with Gasteiger partial charge < -0.3 is 10.4 Å². The van der Waals surface area contributed by atoms with Crippen LogP contribution in [0.15, 0.2) is 23.6 Å². The maximum Gasteiger partial charge on any atom is 0.226 e. The monoisotopic (exact) mass is 357 g/mol. The molecule has 0 aromatic carbocycles. The Bertz CT molecular complexity index is 783. The number of aliphatic hydroxyl groups is 1. The average molecular weight is 357 g/mol. The molecule has 2 unspecified atom stereocenters. The zero-order chi connectivity index (χ0) is 17.1. The minimum atomic E-state index is -0.511. The van der Waals surface area contributed by atoms with Gasteiger partial charge in [0.15, 0.2) is 5.82 Å². The van der Waals surface area contributed by atoms with Crippen LogP contribution < -0.4 is 5.32 Å². The van der Waals surface area contributed by atoms with Gasteiger partial charge in [0.2, 0.25) is 5.91 Å². The average Bonchev–Trinajstić information content (AvgIpc) is 3.14. The number of anilines is 1. The molecular weight excluding hydrogens is 334 g/mol. The zero-order valence-electron chi connectivity index (χ0n) is 14.1.